The summed E-state index contributed by atoms with van der Waals surface area (Å²) in [5.41, 5.74) is 0.915. The normalized spacial score (nSPS) is 18.5. The molecule has 92 valence electrons. The number of carbonyl (C=O) groups is 1. The lowest BCUT2D eigenvalue weighted by Gasteiger charge is -2.40. The van der Waals surface area contributed by atoms with Gasteiger partial charge in [0.2, 0.25) is 0 Å². The second-order valence-electron chi connectivity index (χ2n) is 4.17. The van der Waals surface area contributed by atoms with E-state index in [1.54, 1.807) is 6.92 Å². The minimum atomic E-state index is -0.389. The van der Waals surface area contributed by atoms with E-state index in [1.807, 2.05) is 35.2 Å². The van der Waals surface area contributed by atoms with Crippen LogP contribution >= 0.6 is 0 Å². The number of rotatable bonds is 4. The van der Waals surface area contributed by atoms with Crippen LogP contribution in [0.2, 0.25) is 0 Å². The Balaban J connectivity index is 2.16. The summed E-state index contributed by atoms with van der Waals surface area (Å²) in [6.07, 6.45) is -0.323. The number of aliphatic hydroxyl groups is 1. The molecule has 1 N–H and O–H groups in total. The van der Waals surface area contributed by atoms with Gasteiger partial charge in [-0.3, -0.25) is 4.90 Å². The SMILES string of the molecule is CCOC(=O)C(c1ccccc1)N1CC(O)C1. The molecular weight excluding hydrogens is 218 g/mol. The van der Waals surface area contributed by atoms with Crippen LogP contribution in [0.15, 0.2) is 30.3 Å². The van der Waals surface area contributed by atoms with Gasteiger partial charge in [0.05, 0.1) is 12.7 Å². The van der Waals surface area contributed by atoms with Crippen LogP contribution in [0, 0.1) is 0 Å². The van der Waals surface area contributed by atoms with Gasteiger partial charge in [0.25, 0.3) is 0 Å². The van der Waals surface area contributed by atoms with E-state index in [0.717, 1.165) is 5.56 Å². The van der Waals surface area contributed by atoms with Gasteiger partial charge in [0, 0.05) is 13.1 Å². The topological polar surface area (TPSA) is 49.8 Å². The maximum absolute atomic E-state index is 11.9. The Morgan fingerprint density at radius 1 is 1.47 bits per heavy atom. The summed E-state index contributed by atoms with van der Waals surface area (Å²) in [6.45, 7) is 3.22. The largest absolute Gasteiger partial charge is 0.465 e. The third kappa shape index (κ3) is 2.65. The number of hydrogen-bond donors (Lipinski definition) is 1. The molecule has 1 aromatic carbocycles. The molecular formula is C13H17NO3. The number of esters is 1. The predicted molar refractivity (Wildman–Crippen MR) is 63.4 cm³/mol. The number of β-amino-alcohol motifs (C(OH)–C–C–N with tert-alkyl or cyclic N) is 1. The number of hydrogen-bond acceptors (Lipinski definition) is 4. The molecule has 1 fully saturated rings. The molecule has 1 aliphatic rings. The maximum atomic E-state index is 11.9. The first-order valence-electron chi connectivity index (χ1n) is 5.86. The first kappa shape index (κ1) is 12.1. The average molecular weight is 235 g/mol. The van der Waals surface area contributed by atoms with Crippen molar-refractivity contribution in [2.24, 2.45) is 0 Å². The van der Waals surface area contributed by atoms with Crippen LogP contribution in [0.1, 0.15) is 18.5 Å². The van der Waals surface area contributed by atoms with Gasteiger partial charge in [0.1, 0.15) is 6.04 Å². The summed E-state index contributed by atoms with van der Waals surface area (Å²) >= 11 is 0. The molecule has 0 spiro atoms. The highest BCUT2D eigenvalue weighted by atomic mass is 16.5. The van der Waals surface area contributed by atoms with Crippen LogP contribution < -0.4 is 0 Å². The lowest BCUT2D eigenvalue weighted by atomic mass is 10.0. The average Bonchev–Trinajstić information content (AvgIpc) is 2.29. The fraction of sp³-hybridized carbons (Fsp3) is 0.462. The molecule has 17 heavy (non-hydrogen) atoms. The minimum absolute atomic E-state index is 0.245. The highest BCUT2D eigenvalue weighted by molar-refractivity contribution is 5.77. The van der Waals surface area contributed by atoms with E-state index in [1.165, 1.54) is 0 Å². The number of benzene rings is 1. The van der Waals surface area contributed by atoms with E-state index in [-0.39, 0.29) is 18.1 Å². The number of likely N-dealkylation sites (tertiary alicyclic amines) is 1. The summed E-state index contributed by atoms with van der Waals surface area (Å²) in [5.74, 6) is -0.245. The zero-order valence-electron chi connectivity index (χ0n) is 9.87. The fourth-order valence-electron chi connectivity index (χ4n) is 2.05. The van der Waals surface area contributed by atoms with Crippen molar-refractivity contribution in [3.8, 4) is 0 Å². The molecule has 4 heteroatoms. The molecule has 0 bridgehead atoms. The molecule has 0 aromatic heterocycles. The molecule has 2 rings (SSSR count). The van der Waals surface area contributed by atoms with Gasteiger partial charge in [-0.15, -0.1) is 0 Å². The molecule has 1 unspecified atom stereocenters. The Hall–Kier alpha value is -1.39. The molecule has 1 saturated heterocycles. The third-order valence-corrected chi connectivity index (χ3v) is 2.88. The zero-order chi connectivity index (χ0) is 12.3. The van der Waals surface area contributed by atoms with E-state index in [0.29, 0.717) is 19.7 Å². The molecule has 0 aliphatic carbocycles. The zero-order valence-corrected chi connectivity index (χ0v) is 9.87. The van der Waals surface area contributed by atoms with Crippen molar-refractivity contribution >= 4 is 5.97 Å². The van der Waals surface area contributed by atoms with Crippen molar-refractivity contribution in [3.63, 3.8) is 0 Å². The number of nitrogens with zero attached hydrogens (tertiary/aromatic N) is 1. The quantitative estimate of drug-likeness (QED) is 0.790. The summed E-state index contributed by atoms with van der Waals surface area (Å²) < 4.78 is 5.09. The molecule has 0 saturated carbocycles. The molecule has 0 radical (unpaired) electrons. The van der Waals surface area contributed by atoms with Gasteiger partial charge >= 0.3 is 5.97 Å². The number of aliphatic hydroxyl groups excluding tert-OH is 1. The lowest BCUT2D eigenvalue weighted by molar-refractivity contribution is -0.154. The molecule has 0 amide bonds. The van der Waals surface area contributed by atoms with E-state index in [2.05, 4.69) is 0 Å². The van der Waals surface area contributed by atoms with Crippen molar-refractivity contribution in [1.29, 1.82) is 0 Å². The van der Waals surface area contributed by atoms with Crippen LogP contribution in [-0.2, 0) is 9.53 Å². The molecule has 4 nitrogen and oxygen atoms in total. The van der Waals surface area contributed by atoms with Crippen molar-refractivity contribution in [2.75, 3.05) is 19.7 Å². The van der Waals surface area contributed by atoms with Crippen LogP contribution in [0.4, 0.5) is 0 Å². The van der Waals surface area contributed by atoms with Crippen LogP contribution in [0.25, 0.3) is 0 Å². The summed E-state index contributed by atoms with van der Waals surface area (Å²) in [7, 11) is 0. The molecule has 1 heterocycles. The Kier molecular flexibility index (Phi) is 3.76. The summed E-state index contributed by atoms with van der Waals surface area (Å²) in [4.78, 5) is 13.9. The summed E-state index contributed by atoms with van der Waals surface area (Å²) in [5, 5.41) is 9.33. The Morgan fingerprint density at radius 2 is 2.12 bits per heavy atom. The summed E-state index contributed by atoms with van der Waals surface area (Å²) in [6, 6.07) is 9.14. The number of carbonyl (C=O) groups excluding carboxylic acids is 1. The van der Waals surface area contributed by atoms with Crippen LogP contribution in [0.3, 0.4) is 0 Å². The first-order chi connectivity index (χ1) is 8.22. The third-order valence-electron chi connectivity index (χ3n) is 2.88. The Morgan fingerprint density at radius 3 is 2.65 bits per heavy atom. The van der Waals surface area contributed by atoms with Gasteiger partial charge in [-0.2, -0.15) is 0 Å². The maximum Gasteiger partial charge on any atom is 0.328 e. The van der Waals surface area contributed by atoms with Gasteiger partial charge in [-0.05, 0) is 12.5 Å². The monoisotopic (exact) mass is 235 g/mol. The van der Waals surface area contributed by atoms with Crippen LogP contribution in [-0.4, -0.2) is 41.8 Å². The minimum Gasteiger partial charge on any atom is -0.465 e. The van der Waals surface area contributed by atoms with E-state index in [4.69, 9.17) is 4.74 Å². The van der Waals surface area contributed by atoms with E-state index in [9.17, 15) is 9.90 Å². The van der Waals surface area contributed by atoms with Gasteiger partial charge < -0.3 is 9.84 Å². The van der Waals surface area contributed by atoms with Crippen LogP contribution in [0.5, 0.6) is 0 Å². The predicted octanol–water partition coefficient (Wildman–Crippen LogP) is 0.967. The van der Waals surface area contributed by atoms with Gasteiger partial charge in [0.15, 0.2) is 0 Å². The van der Waals surface area contributed by atoms with Crippen molar-refractivity contribution in [3.05, 3.63) is 35.9 Å². The number of ether oxygens (including phenoxy) is 1. The van der Waals surface area contributed by atoms with Crippen molar-refractivity contribution in [2.45, 2.75) is 19.1 Å². The second-order valence-corrected chi connectivity index (χ2v) is 4.17. The van der Waals surface area contributed by atoms with Crippen molar-refractivity contribution in [1.82, 2.24) is 4.90 Å². The smallest absolute Gasteiger partial charge is 0.328 e. The first-order valence-corrected chi connectivity index (χ1v) is 5.86. The van der Waals surface area contributed by atoms with Gasteiger partial charge in [-0.25, -0.2) is 4.79 Å². The second kappa shape index (κ2) is 5.29. The molecule has 1 aromatic rings. The van der Waals surface area contributed by atoms with E-state index >= 15 is 0 Å². The van der Waals surface area contributed by atoms with E-state index < -0.39 is 0 Å². The van der Waals surface area contributed by atoms with Crippen molar-refractivity contribution < 1.29 is 14.6 Å². The Bertz CT molecular complexity index is 374. The standard InChI is InChI=1S/C13H17NO3/c1-2-17-13(16)12(14-8-11(15)9-14)10-6-4-3-5-7-10/h3-7,11-12,15H,2,8-9H2,1H3. The molecule has 1 atom stereocenters. The highest BCUT2D eigenvalue weighted by Crippen LogP contribution is 2.26. The highest BCUT2D eigenvalue weighted by Gasteiger charge is 2.36. The lowest BCUT2D eigenvalue weighted by Crippen LogP contribution is -2.54. The fourth-order valence-corrected chi connectivity index (χ4v) is 2.05. The van der Waals surface area contributed by atoms with Gasteiger partial charge in [-0.1, -0.05) is 30.3 Å². The molecule has 1 aliphatic heterocycles. The Labute approximate surface area is 101 Å².